The first-order valence-corrected chi connectivity index (χ1v) is 9.82. The molecule has 1 N–H and O–H groups in total. The second-order valence-electron chi connectivity index (χ2n) is 7.32. The van der Waals surface area contributed by atoms with Crippen molar-refractivity contribution in [3.05, 3.63) is 58.6 Å². The van der Waals surface area contributed by atoms with Gasteiger partial charge in [-0.2, -0.15) is 0 Å². The summed E-state index contributed by atoms with van der Waals surface area (Å²) in [6, 6.07) is 13.2. The SMILES string of the molecule is CN(CC1CCCC1)c1cc(Cl)cc(COc2ccccc2CC(=O)O)c1. The van der Waals surface area contributed by atoms with Crippen LogP contribution in [0.5, 0.6) is 5.75 Å². The van der Waals surface area contributed by atoms with Crippen LogP contribution in [-0.4, -0.2) is 24.7 Å². The van der Waals surface area contributed by atoms with Crippen LogP contribution in [0.25, 0.3) is 0 Å². The molecule has 1 saturated carbocycles. The van der Waals surface area contributed by atoms with Gasteiger partial charge >= 0.3 is 5.97 Å². The zero-order valence-electron chi connectivity index (χ0n) is 15.7. The molecule has 2 aromatic rings. The summed E-state index contributed by atoms with van der Waals surface area (Å²) in [5, 5.41) is 9.73. The third-order valence-corrected chi connectivity index (χ3v) is 5.32. The van der Waals surface area contributed by atoms with Gasteiger partial charge in [0.05, 0.1) is 6.42 Å². The van der Waals surface area contributed by atoms with Crippen LogP contribution >= 0.6 is 11.6 Å². The molecule has 0 bridgehead atoms. The highest BCUT2D eigenvalue weighted by molar-refractivity contribution is 6.30. The molecule has 0 aromatic heterocycles. The minimum Gasteiger partial charge on any atom is -0.489 e. The van der Waals surface area contributed by atoms with Gasteiger partial charge in [0.2, 0.25) is 0 Å². The van der Waals surface area contributed by atoms with Gasteiger partial charge in [-0.15, -0.1) is 0 Å². The third-order valence-electron chi connectivity index (χ3n) is 5.10. The maximum absolute atomic E-state index is 11.0. The van der Waals surface area contributed by atoms with Crippen LogP contribution in [0.3, 0.4) is 0 Å². The molecular weight excluding hydrogens is 362 g/mol. The number of rotatable bonds is 8. The third kappa shape index (κ3) is 5.64. The van der Waals surface area contributed by atoms with Gasteiger partial charge < -0.3 is 14.7 Å². The van der Waals surface area contributed by atoms with Gasteiger partial charge in [0.1, 0.15) is 12.4 Å². The van der Waals surface area contributed by atoms with E-state index in [0.29, 0.717) is 22.9 Å². The Morgan fingerprint density at radius 3 is 2.70 bits per heavy atom. The minimum atomic E-state index is -0.871. The molecular formula is C22H26ClNO3. The molecule has 27 heavy (non-hydrogen) atoms. The van der Waals surface area contributed by atoms with Crippen LogP contribution in [0.15, 0.2) is 42.5 Å². The quantitative estimate of drug-likeness (QED) is 0.678. The smallest absolute Gasteiger partial charge is 0.307 e. The Morgan fingerprint density at radius 1 is 1.22 bits per heavy atom. The first-order chi connectivity index (χ1) is 13.0. The van der Waals surface area contributed by atoms with Gasteiger partial charge in [-0.05, 0) is 48.6 Å². The number of hydrogen-bond acceptors (Lipinski definition) is 3. The zero-order valence-corrected chi connectivity index (χ0v) is 16.4. The van der Waals surface area contributed by atoms with Crippen molar-refractivity contribution in [1.82, 2.24) is 0 Å². The largest absolute Gasteiger partial charge is 0.489 e. The number of anilines is 1. The Morgan fingerprint density at radius 2 is 1.96 bits per heavy atom. The number of halogens is 1. The van der Waals surface area contributed by atoms with Crippen molar-refractivity contribution in [2.45, 2.75) is 38.7 Å². The summed E-state index contributed by atoms with van der Waals surface area (Å²) in [6.07, 6.45) is 5.23. The summed E-state index contributed by atoms with van der Waals surface area (Å²) in [7, 11) is 2.11. The van der Waals surface area contributed by atoms with Crippen molar-refractivity contribution < 1.29 is 14.6 Å². The van der Waals surface area contributed by atoms with Crippen molar-refractivity contribution in [2.24, 2.45) is 5.92 Å². The molecule has 3 rings (SSSR count). The van der Waals surface area contributed by atoms with Gasteiger partial charge in [-0.3, -0.25) is 4.79 Å². The van der Waals surface area contributed by atoms with Crippen molar-refractivity contribution >= 4 is 23.3 Å². The Kier molecular flexibility index (Phi) is 6.62. The van der Waals surface area contributed by atoms with Crippen LogP contribution in [-0.2, 0) is 17.8 Å². The molecule has 0 amide bonds. The molecule has 0 radical (unpaired) electrons. The van der Waals surface area contributed by atoms with Gasteiger partial charge in [0.25, 0.3) is 0 Å². The topological polar surface area (TPSA) is 49.8 Å². The lowest BCUT2D eigenvalue weighted by molar-refractivity contribution is -0.136. The van der Waals surface area contributed by atoms with Crippen molar-refractivity contribution in [2.75, 3.05) is 18.5 Å². The normalized spacial score (nSPS) is 14.3. The number of carboxylic acid groups (broad SMARTS) is 1. The second kappa shape index (κ2) is 9.14. The number of hydrogen-bond donors (Lipinski definition) is 1. The molecule has 5 heteroatoms. The fraction of sp³-hybridized carbons (Fsp3) is 0.409. The number of para-hydroxylation sites is 1. The summed E-state index contributed by atoms with van der Waals surface area (Å²) in [5.41, 5.74) is 2.73. The Hall–Kier alpha value is -2.20. The Labute approximate surface area is 165 Å². The maximum atomic E-state index is 11.0. The van der Waals surface area contributed by atoms with E-state index >= 15 is 0 Å². The maximum Gasteiger partial charge on any atom is 0.307 e. The summed E-state index contributed by atoms with van der Waals surface area (Å²) < 4.78 is 5.91. The predicted octanol–water partition coefficient (Wildman–Crippen LogP) is 5.17. The highest BCUT2D eigenvalue weighted by atomic mass is 35.5. The van der Waals surface area contributed by atoms with E-state index in [1.807, 2.05) is 24.3 Å². The van der Waals surface area contributed by atoms with Crippen LogP contribution in [0.4, 0.5) is 5.69 Å². The van der Waals surface area contributed by atoms with E-state index in [-0.39, 0.29) is 6.42 Å². The number of ether oxygens (including phenoxy) is 1. The van der Waals surface area contributed by atoms with Crippen LogP contribution in [0.1, 0.15) is 36.8 Å². The first kappa shape index (κ1) is 19.6. The Bertz CT molecular complexity index is 787. The molecule has 0 spiro atoms. The molecule has 144 valence electrons. The van der Waals surface area contributed by atoms with Crippen molar-refractivity contribution in [3.63, 3.8) is 0 Å². The van der Waals surface area contributed by atoms with E-state index in [1.165, 1.54) is 25.7 Å². The van der Waals surface area contributed by atoms with E-state index < -0.39 is 5.97 Å². The van der Waals surface area contributed by atoms with Crippen LogP contribution < -0.4 is 9.64 Å². The summed E-state index contributed by atoms with van der Waals surface area (Å²) in [4.78, 5) is 13.3. The van der Waals surface area contributed by atoms with Crippen molar-refractivity contribution in [3.8, 4) is 5.75 Å². The van der Waals surface area contributed by atoms with Gasteiger partial charge in [-0.25, -0.2) is 0 Å². The molecule has 4 nitrogen and oxygen atoms in total. The summed E-state index contributed by atoms with van der Waals surface area (Å²) in [5.74, 6) is 0.488. The monoisotopic (exact) mass is 387 g/mol. The lowest BCUT2D eigenvalue weighted by Gasteiger charge is -2.24. The minimum absolute atomic E-state index is 0.0545. The first-order valence-electron chi connectivity index (χ1n) is 9.44. The summed E-state index contributed by atoms with van der Waals surface area (Å²) >= 11 is 6.33. The summed E-state index contributed by atoms with van der Waals surface area (Å²) in [6.45, 7) is 1.39. The number of nitrogens with zero attached hydrogens (tertiary/aromatic N) is 1. The Balaban J connectivity index is 1.68. The molecule has 1 aliphatic rings. The highest BCUT2D eigenvalue weighted by Gasteiger charge is 2.17. The average Bonchev–Trinajstić information content (AvgIpc) is 3.13. The number of aliphatic carboxylic acids is 1. The van der Waals surface area contributed by atoms with Crippen LogP contribution in [0, 0.1) is 5.92 Å². The molecule has 0 unspecified atom stereocenters. The molecule has 0 heterocycles. The van der Waals surface area contributed by atoms with Gasteiger partial charge in [0, 0.05) is 29.9 Å². The number of carboxylic acids is 1. The van der Waals surface area contributed by atoms with Crippen molar-refractivity contribution in [1.29, 1.82) is 0 Å². The molecule has 0 saturated heterocycles. The zero-order chi connectivity index (χ0) is 19.2. The molecule has 1 aliphatic carbocycles. The molecule has 0 atom stereocenters. The molecule has 2 aromatic carbocycles. The fourth-order valence-electron chi connectivity index (χ4n) is 3.74. The molecule has 1 fully saturated rings. The number of carbonyl (C=O) groups is 1. The standard InChI is InChI=1S/C22H26ClNO3/c1-24(14-16-6-2-3-7-16)20-11-17(10-19(23)13-20)15-27-21-9-5-4-8-18(21)12-22(25)26/h4-5,8-11,13,16H,2-3,6-7,12,14-15H2,1H3,(H,25,26). The lowest BCUT2D eigenvalue weighted by Crippen LogP contribution is -2.24. The van der Waals surface area contributed by atoms with E-state index in [1.54, 1.807) is 12.1 Å². The van der Waals surface area contributed by atoms with Gasteiger partial charge in [0.15, 0.2) is 0 Å². The average molecular weight is 388 g/mol. The van der Waals surface area contributed by atoms with E-state index in [2.05, 4.69) is 18.0 Å². The van der Waals surface area contributed by atoms with Gasteiger partial charge in [-0.1, -0.05) is 42.6 Å². The highest BCUT2D eigenvalue weighted by Crippen LogP contribution is 2.29. The number of benzene rings is 2. The fourth-order valence-corrected chi connectivity index (χ4v) is 3.99. The van der Waals surface area contributed by atoms with Crippen LogP contribution in [0.2, 0.25) is 5.02 Å². The van der Waals surface area contributed by atoms with E-state index in [0.717, 1.165) is 23.7 Å². The van der Waals surface area contributed by atoms with E-state index in [4.69, 9.17) is 21.4 Å². The lowest BCUT2D eigenvalue weighted by atomic mass is 10.1. The second-order valence-corrected chi connectivity index (χ2v) is 7.75. The molecule has 0 aliphatic heterocycles. The van der Waals surface area contributed by atoms with E-state index in [9.17, 15) is 4.79 Å². The predicted molar refractivity (Wildman–Crippen MR) is 109 cm³/mol.